The van der Waals surface area contributed by atoms with Gasteiger partial charge in [-0.3, -0.25) is 0 Å². The minimum absolute atomic E-state index is 0.00453. The summed E-state index contributed by atoms with van der Waals surface area (Å²) in [7, 11) is 0. The predicted molar refractivity (Wildman–Crippen MR) is 324 cm³/mol. The van der Waals surface area contributed by atoms with Crippen molar-refractivity contribution >= 4 is 85.5 Å². The van der Waals surface area contributed by atoms with Crippen molar-refractivity contribution in [3.8, 4) is 11.1 Å². The normalized spacial score (nSPS) is 13.7. The molecule has 2 aliphatic rings. The lowest BCUT2D eigenvalue weighted by Crippen LogP contribution is -2.61. The molecule has 0 aliphatic carbocycles. The molecule has 11 rings (SSSR count). The Labute approximate surface area is 448 Å². The van der Waals surface area contributed by atoms with Crippen molar-refractivity contribution in [3.63, 3.8) is 0 Å². The molecule has 75 heavy (non-hydrogen) atoms. The molecule has 2 aliphatic heterocycles. The molecule has 5 heteroatoms. The van der Waals surface area contributed by atoms with Crippen LogP contribution >= 0.6 is 0 Å². The molecular weight excluding hydrogens is 910 g/mol. The van der Waals surface area contributed by atoms with Crippen LogP contribution in [0.4, 0.5) is 51.2 Å². The molecule has 0 spiro atoms. The average molecular weight is 984 g/mol. The molecule has 0 amide bonds. The van der Waals surface area contributed by atoms with Crippen LogP contribution in [0.15, 0.2) is 180 Å². The van der Waals surface area contributed by atoms with E-state index in [1.165, 1.54) is 49.9 Å². The third-order valence-electron chi connectivity index (χ3n) is 15.9. The Kier molecular flexibility index (Phi) is 11.8. The average Bonchev–Trinajstić information content (AvgIpc) is 3.78. The van der Waals surface area contributed by atoms with Crippen molar-refractivity contribution < 1.29 is 4.42 Å². The van der Waals surface area contributed by atoms with Crippen molar-refractivity contribution in [1.82, 2.24) is 0 Å². The third kappa shape index (κ3) is 8.96. The van der Waals surface area contributed by atoms with Gasteiger partial charge in [0.25, 0.3) is 6.71 Å². The van der Waals surface area contributed by atoms with Gasteiger partial charge in [-0.25, -0.2) is 0 Å². The first kappa shape index (κ1) is 49.9. The zero-order valence-corrected chi connectivity index (χ0v) is 47.1. The van der Waals surface area contributed by atoms with Gasteiger partial charge < -0.3 is 19.1 Å². The molecule has 378 valence electrons. The summed E-state index contributed by atoms with van der Waals surface area (Å²) in [5, 5.41) is 1.10. The molecule has 0 N–H and O–H groups in total. The van der Waals surface area contributed by atoms with Gasteiger partial charge in [0.05, 0.1) is 11.3 Å². The summed E-state index contributed by atoms with van der Waals surface area (Å²) in [5.74, 6) is 0. The van der Waals surface area contributed by atoms with Gasteiger partial charge in [-0.15, -0.1) is 0 Å². The first-order valence-electron chi connectivity index (χ1n) is 27.1. The standard InChI is InChI=1S/C70H74BN3O/c1-66(2,3)47-22-19-45(20-23-47)46-21-42-62-57(43-46)64-65(75-62)71-58-41-40-56(72(52-32-24-48(25-33-52)67(4,5)6)53-34-26-49(27-35-53)68(7,8)9)44-61(58)73(54-36-28-50(29-37-54)69(10,11)12)59-17-16-18-60(63(59)71)74(64)55-38-30-51(31-39-55)70(13,14)15/h16-44H,1-15H3. The molecule has 1 aromatic heterocycles. The second kappa shape index (κ2) is 17.7. The van der Waals surface area contributed by atoms with Gasteiger partial charge in [-0.05, 0) is 162 Å². The smallest absolute Gasteiger partial charge is 0.297 e. The Hall–Kier alpha value is -7.24. The summed E-state index contributed by atoms with van der Waals surface area (Å²) in [6.07, 6.45) is 0. The number of benzene rings is 8. The van der Waals surface area contributed by atoms with Gasteiger partial charge in [0.15, 0.2) is 0 Å². The minimum Gasteiger partial charge on any atom is -0.468 e. The van der Waals surface area contributed by atoms with Crippen molar-refractivity contribution in [2.24, 2.45) is 0 Å². The van der Waals surface area contributed by atoms with E-state index < -0.39 is 0 Å². The van der Waals surface area contributed by atoms with Crippen molar-refractivity contribution in [1.29, 1.82) is 0 Å². The minimum atomic E-state index is -0.196. The fourth-order valence-corrected chi connectivity index (χ4v) is 11.3. The van der Waals surface area contributed by atoms with E-state index in [-0.39, 0.29) is 33.8 Å². The highest BCUT2D eigenvalue weighted by Gasteiger charge is 2.47. The molecule has 0 bridgehead atoms. The molecule has 4 nitrogen and oxygen atoms in total. The van der Waals surface area contributed by atoms with E-state index in [1.807, 2.05) is 0 Å². The Morgan fingerprint density at radius 2 is 0.773 bits per heavy atom. The van der Waals surface area contributed by atoms with Crippen molar-refractivity contribution in [2.75, 3.05) is 14.7 Å². The van der Waals surface area contributed by atoms with Gasteiger partial charge >= 0.3 is 0 Å². The fourth-order valence-electron chi connectivity index (χ4n) is 11.3. The van der Waals surface area contributed by atoms with Gasteiger partial charge in [0.1, 0.15) is 5.58 Å². The summed E-state index contributed by atoms with van der Waals surface area (Å²) < 4.78 is 7.40. The molecule has 8 aromatic carbocycles. The Balaban J connectivity index is 1.17. The maximum absolute atomic E-state index is 7.40. The van der Waals surface area contributed by atoms with Crippen LogP contribution in [0.25, 0.3) is 22.1 Å². The van der Waals surface area contributed by atoms with E-state index in [4.69, 9.17) is 4.42 Å². The lowest BCUT2D eigenvalue weighted by atomic mass is 9.35. The van der Waals surface area contributed by atoms with Crippen LogP contribution < -0.4 is 31.3 Å². The van der Waals surface area contributed by atoms with E-state index in [2.05, 4.69) is 294 Å². The highest BCUT2D eigenvalue weighted by molar-refractivity contribution is 7.00. The highest BCUT2D eigenvalue weighted by Crippen LogP contribution is 2.49. The van der Waals surface area contributed by atoms with Crippen molar-refractivity contribution in [2.45, 2.75) is 131 Å². The van der Waals surface area contributed by atoms with Crippen molar-refractivity contribution in [3.05, 3.63) is 204 Å². The number of rotatable bonds is 6. The summed E-state index contributed by atoms with van der Waals surface area (Å²) >= 11 is 0. The Morgan fingerprint density at radius 3 is 1.24 bits per heavy atom. The predicted octanol–water partition coefficient (Wildman–Crippen LogP) is 18.1. The van der Waals surface area contributed by atoms with E-state index in [0.717, 1.165) is 67.8 Å². The maximum atomic E-state index is 7.40. The number of furan rings is 1. The van der Waals surface area contributed by atoms with Gasteiger partial charge in [0, 0.05) is 50.9 Å². The van der Waals surface area contributed by atoms with Crippen LogP contribution in [-0.4, -0.2) is 6.71 Å². The highest BCUT2D eigenvalue weighted by atomic mass is 16.3. The van der Waals surface area contributed by atoms with E-state index in [9.17, 15) is 0 Å². The molecule has 0 unspecified atom stereocenters. The molecule has 0 radical (unpaired) electrons. The maximum Gasteiger partial charge on any atom is 0.297 e. The van der Waals surface area contributed by atoms with Crippen LogP contribution in [0, 0.1) is 0 Å². The van der Waals surface area contributed by atoms with E-state index in [1.54, 1.807) is 0 Å². The monoisotopic (exact) mass is 984 g/mol. The lowest BCUT2D eigenvalue weighted by molar-refractivity contribution is 0.590. The molecule has 3 heterocycles. The first-order valence-corrected chi connectivity index (χ1v) is 27.1. The van der Waals surface area contributed by atoms with Gasteiger partial charge in [0.2, 0.25) is 0 Å². The van der Waals surface area contributed by atoms with E-state index >= 15 is 0 Å². The Morgan fingerprint density at radius 1 is 0.373 bits per heavy atom. The second-order valence-electron chi connectivity index (χ2n) is 26.4. The molecule has 0 saturated carbocycles. The number of anilines is 9. The molecule has 9 aromatic rings. The summed E-state index contributed by atoms with van der Waals surface area (Å²) in [6, 6.07) is 66.8. The summed E-state index contributed by atoms with van der Waals surface area (Å²) in [6.45, 7) is 34.1. The summed E-state index contributed by atoms with van der Waals surface area (Å²) in [4.78, 5) is 7.43. The number of hydrogen-bond acceptors (Lipinski definition) is 4. The second-order valence-corrected chi connectivity index (χ2v) is 26.4. The molecule has 0 fully saturated rings. The third-order valence-corrected chi connectivity index (χ3v) is 15.9. The van der Waals surface area contributed by atoms with E-state index in [0.29, 0.717) is 0 Å². The van der Waals surface area contributed by atoms with Crippen LogP contribution in [0.2, 0.25) is 0 Å². The van der Waals surface area contributed by atoms with Gasteiger partial charge in [-0.1, -0.05) is 195 Å². The number of fused-ring (bicyclic) bond motifs is 6. The zero-order chi connectivity index (χ0) is 53.1. The van der Waals surface area contributed by atoms with Crippen LogP contribution in [0.5, 0.6) is 0 Å². The molecular formula is C70H74BN3O. The van der Waals surface area contributed by atoms with Crippen LogP contribution in [0.1, 0.15) is 132 Å². The topological polar surface area (TPSA) is 22.9 Å². The largest absolute Gasteiger partial charge is 0.468 e. The molecule has 0 saturated heterocycles. The first-order chi connectivity index (χ1) is 35.3. The van der Waals surface area contributed by atoms with Crippen LogP contribution in [-0.2, 0) is 27.1 Å². The van der Waals surface area contributed by atoms with Gasteiger partial charge in [-0.2, -0.15) is 0 Å². The Bertz CT molecular complexity index is 3530. The SMILES string of the molecule is CC(C)(C)c1ccc(-c2ccc3oc4c(c3c2)N(c2ccc(C(C)(C)C)cc2)c2cccc3c2B4c2ccc(N(c4ccc(C(C)(C)C)cc4)c4ccc(C(C)(C)C)cc4)cc2N3c2ccc(C(C)(C)C)cc2)cc1. The van der Waals surface area contributed by atoms with Crippen LogP contribution in [0.3, 0.4) is 0 Å². The summed E-state index contributed by atoms with van der Waals surface area (Å²) in [5.41, 5.74) is 23.3. The number of hydrogen-bond donors (Lipinski definition) is 0. The quantitative estimate of drug-likeness (QED) is 0.155. The molecule has 0 atom stereocenters. The lowest BCUT2D eigenvalue weighted by Gasteiger charge is -2.43. The fraction of sp³-hybridized carbons (Fsp3) is 0.286. The number of nitrogens with zero attached hydrogens (tertiary/aromatic N) is 3. The zero-order valence-electron chi connectivity index (χ0n) is 47.1.